The quantitative estimate of drug-likeness (QED) is 0.387. The molecule has 26 heavy (non-hydrogen) atoms. The van der Waals surface area contributed by atoms with Crippen LogP contribution in [0.3, 0.4) is 0 Å². The summed E-state index contributed by atoms with van der Waals surface area (Å²) in [5.74, 6) is -0.284. The van der Waals surface area contributed by atoms with Crippen molar-refractivity contribution in [2.24, 2.45) is 5.10 Å². The average molecular weight is 345 g/mol. The van der Waals surface area contributed by atoms with E-state index in [1.54, 1.807) is 12.1 Å². The maximum atomic E-state index is 12.6. The number of benzene rings is 2. The molecule has 0 aliphatic heterocycles. The molecule has 4 rings (SSSR count). The summed E-state index contributed by atoms with van der Waals surface area (Å²) >= 11 is 0. The van der Waals surface area contributed by atoms with Gasteiger partial charge in [-0.2, -0.15) is 10.2 Å². The van der Waals surface area contributed by atoms with Crippen LogP contribution in [0.4, 0.5) is 5.69 Å². The lowest BCUT2D eigenvalue weighted by Gasteiger charge is -2.15. The van der Waals surface area contributed by atoms with Crippen molar-refractivity contribution in [3.8, 4) is 11.3 Å². The molecule has 1 aromatic heterocycles. The minimum Gasteiger partial charge on any atom is -0.399 e. The van der Waals surface area contributed by atoms with Crippen LogP contribution in [-0.2, 0) is 12.8 Å². The molecule has 0 unspecified atom stereocenters. The van der Waals surface area contributed by atoms with Crippen molar-refractivity contribution in [3.05, 3.63) is 70.9 Å². The number of hydrazone groups is 1. The topological polar surface area (TPSA) is 96.2 Å². The van der Waals surface area contributed by atoms with Gasteiger partial charge in [0.25, 0.3) is 5.91 Å². The lowest BCUT2D eigenvalue weighted by atomic mass is 9.89. The molecule has 6 heteroatoms. The number of fused-ring (bicyclic) bond motifs is 3. The van der Waals surface area contributed by atoms with Crippen LogP contribution in [0.15, 0.2) is 53.6 Å². The fourth-order valence-electron chi connectivity index (χ4n) is 3.23. The highest BCUT2D eigenvalue weighted by Gasteiger charge is 2.24. The Kier molecular flexibility index (Phi) is 4.01. The average Bonchev–Trinajstić information content (AvgIpc) is 3.11. The highest BCUT2D eigenvalue weighted by molar-refractivity contribution is 6.01. The van der Waals surface area contributed by atoms with E-state index in [1.165, 1.54) is 5.56 Å². The highest BCUT2D eigenvalue weighted by atomic mass is 16.2. The van der Waals surface area contributed by atoms with E-state index < -0.39 is 0 Å². The van der Waals surface area contributed by atoms with Gasteiger partial charge in [-0.25, -0.2) is 5.43 Å². The summed E-state index contributed by atoms with van der Waals surface area (Å²) in [5, 5.41) is 11.4. The maximum absolute atomic E-state index is 12.6. The van der Waals surface area contributed by atoms with Crippen molar-refractivity contribution < 1.29 is 4.79 Å². The summed E-state index contributed by atoms with van der Waals surface area (Å²) in [5.41, 5.74) is 15.2. The van der Waals surface area contributed by atoms with E-state index in [9.17, 15) is 4.79 Å². The highest BCUT2D eigenvalue weighted by Crippen LogP contribution is 2.33. The first-order valence-corrected chi connectivity index (χ1v) is 8.49. The number of nitrogens with two attached hydrogens (primary N) is 1. The Bertz CT molecular complexity index is 1000. The molecule has 3 aromatic rings. The van der Waals surface area contributed by atoms with Crippen LogP contribution in [0.1, 0.15) is 34.1 Å². The molecule has 0 saturated heterocycles. The van der Waals surface area contributed by atoms with Gasteiger partial charge < -0.3 is 5.73 Å². The van der Waals surface area contributed by atoms with Gasteiger partial charge in [0.15, 0.2) is 0 Å². The van der Waals surface area contributed by atoms with Crippen LogP contribution in [0.2, 0.25) is 0 Å². The maximum Gasteiger partial charge on any atom is 0.289 e. The third-order valence-electron chi connectivity index (χ3n) is 4.66. The number of carbonyl (C=O) groups is 1. The zero-order valence-corrected chi connectivity index (χ0v) is 14.4. The largest absolute Gasteiger partial charge is 0.399 e. The number of amides is 1. The zero-order valence-electron chi connectivity index (χ0n) is 14.4. The van der Waals surface area contributed by atoms with Crippen molar-refractivity contribution in [1.29, 1.82) is 0 Å². The van der Waals surface area contributed by atoms with E-state index in [0.29, 0.717) is 17.1 Å². The molecule has 130 valence electrons. The Hall–Kier alpha value is -3.41. The lowest BCUT2D eigenvalue weighted by molar-refractivity contribution is 0.0949. The number of aryl methyl sites for hydroxylation is 1. The Morgan fingerprint density at radius 3 is 2.73 bits per heavy atom. The number of anilines is 1. The van der Waals surface area contributed by atoms with E-state index in [-0.39, 0.29) is 5.91 Å². The number of aromatic amines is 1. The Morgan fingerprint density at radius 2 is 1.92 bits per heavy atom. The second kappa shape index (κ2) is 6.48. The number of hydrogen-bond donors (Lipinski definition) is 3. The van der Waals surface area contributed by atoms with Crippen LogP contribution in [0, 0.1) is 0 Å². The van der Waals surface area contributed by atoms with Gasteiger partial charge in [0.2, 0.25) is 0 Å². The first kappa shape index (κ1) is 16.1. The molecule has 1 amide bonds. The van der Waals surface area contributed by atoms with E-state index in [4.69, 9.17) is 5.73 Å². The fraction of sp³-hybridized carbons (Fsp3) is 0.150. The molecule has 4 N–H and O–H groups in total. The minimum absolute atomic E-state index is 0.284. The molecule has 0 radical (unpaired) electrons. The molecule has 0 atom stereocenters. The van der Waals surface area contributed by atoms with E-state index in [2.05, 4.69) is 26.8 Å². The molecule has 1 aliphatic carbocycles. The summed E-state index contributed by atoms with van der Waals surface area (Å²) in [6.45, 7) is 1.84. The number of rotatable bonds is 3. The number of nitrogen functional groups attached to an aromatic ring is 1. The van der Waals surface area contributed by atoms with E-state index in [0.717, 1.165) is 35.2 Å². The normalized spacial score (nSPS) is 13.0. The van der Waals surface area contributed by atoms with Gasteiger partial charge in [0.1, 0.15) is 5.69 Å². The molecule has 0 bridgehead atoms. The predicted molar refractivity (Wildman–Crippen MR) is 102 cm³/mol. The van der Waals surface area contributed by atoms with Crippen LogP contribution < -0.4 is 11.2 Å². The molecule has 0 saturated carbocycles. The van der Waals surface area contributed by atoms with Crippen LogP contribution >= 0.6 is 0 Å². The van der Waals surface area contributed by atoms with Crippen molar-refractivity contribution in [3.63, 3.8) is 0 Å². The molecule has 1 aliphatic rings. The van der Waals surface area contributed by atoms with Crippen molar-refractivity contribution in [2.45, 2.75) is 19.8 Å². The second-order valence-electron chi connectivity index (χ2n) is 6.34. The van der Waals surface area contributed by atoms with Crippen LogP contribution in [0.25, 0.3) is 11.3 Å². The van der Waals surface area contributed by atoms with E-state index >= 15 is 0 Å². The monoisotopic (exact) mass is 345 g/mol. The van der Waals surface area contributed by atoms with Crippen molar-refractivity contribution >= 4 is 17.3 Å². The predicted octanol–water partition coefficient (Wildman–Crippen LogP) is 2.91. The SMILES string of the molecule is C/C(=N/NC(=O)c1[nH]nc2c1CCc1ccccc1-2)c1ccc(N)cc1. The number of hydrogen-bond acceptors (Lipinski definition) is 4. The number of nitrogens with zero attached hydrogens (tertiary/aromatic N) is 2. The van der Waals surface area contributed by atoms with E-state index in [1.807, 2.05) is 37.3 Å². The number of H-pyrrole nitrogens is 1. The van der Waals surface area contributed by atoms with Gasteiger partial charge in [0, 0.05) is 16.8 Å². The number of carbonyl (C=O) groups excluding carboxylic acids is 1. The summed E-state index contributed by atoms with van der Waals surface area (Å²) < 4.78 is 0. The zero-order chi connectivity index (χ0) is 18.1. The summed E-state index contributed by atoms with van der Waals surface area (Å²) in [7, 11) is 0. The van der Waals surface area contributed by atoms with Gasteiger partial charge >= 0.3 is 0 Å². The van der Waals surface area contributed by atoms with Gasteiger partial charge in [0.05, 0.1) is 11.4 Å². The Balaban J connectivity index is 1.56. The van der Waals surface area contributed by atoms with Crippen LogP contribution in [-0.4, -0.2) is 21.8 Å². The number of aromatic nitrogens is 2. The number of nitrogens with one attached hydrogen (secondary N) is 2. The molecule has 0 spiro atoms. The molecule has 1 heterocycles. The second-order valence-corrected chi connectivity index (χ2v) is 6.34. The summed E-state index contributed by atoms with van der Waals surface area (Å²) in [6, 6.07) is 15.5. The molecular formula is C20H19N5O. The molecule has 6 nitrogen and oxygen atoms in total. The molecular weight excluding hydrogens is 326 g/mol. The summed E-state index contributed by atoms with van der Waals surface area (Å²) in [6.07, 6.45) is 1.68. The first-order chi connectivity index (χ1) is 12.6. The van der Waals surface area contributed by atoms with Gasteiger partial charge in [-0.3, -0.25) is 9.89 Å². The Labute approximate surface area is 151 Å². The molecule has 2 aromatic carbocycles. The minimum atomic E-state index is -0.284. The van der Waals surface area contributed by atoms with Gasteiger partial charge in [-0.1, -0.05) is 36.4 Å². The smallest absolute Gasteiger partial charge is 0.289 e. The van der Waals surface area contributed by atoms with Crippen molar-refractivity contribution in [2.75, 3.05) is 5.73 Å². The fourth-order valence-corrected chi connectivity index (χ4v) is 3.23. The third kappa shape index (κ3) is 2.86. The first-order valence-electron chi connectivity index (χ1n) is 8.49. The van der Waals surface area contributed by atoms with Crippen LogP contribution in [0.5, 0.6) is 0 Å². The molecule has 0 fully saturated rings. The third-order valence-corrected chi connectivity index (χ3v) is 4.66. The Morgan fingerprint density at radius 1 is 1.15 bits per heavy atom. The summed E-state index contributed by atoms with van der Waals surface area (Å²) in [4.78, 5) is 12.6. The van der Waals surface area contributed by atoms with Crippen molar-refractivity contribution in [1.82, 2.24) is 15.6 Å². The van der Waals surface area contributed by atoms with Gasteiger partial charge in [-0.15, -0.1) is 0 Å². The van der Waals surface area contributed by atoms with Gasteiger partial charge in [-0.05, 0) is 43.0 Å². The lowest BCUT2D eigenvalue weighted by Crippen LogP contribution is -2.21. The standard InChI is InChI=1S/C20H19N5O/c1-12(13-6-9-15(21)10-7-13)22-25-20(26)19-17-11-8-14-4-2-3-5-16(14)18(17)23-24-19/h2-7,9-10H,8,11,21H2,1H3,(H,23,24)(H,25,26)/b22-12-.